The molecule has 2 aromatic carbocycles. The number of carboxylic acids is 1. The number of anilines is 3. The molecule has 194 valence electrons. The van der Waals surface area contributed by atoms with Gasteiger partial charge in [-0.15, -0.1) is 0 Å². The van der Waals surface area contributed by atoms with Gasteiger partial charge in [-0.1, -0.05) is 19.9 Å². The Morgan fingerprint density at radius 3 is 2.22 bits per heavy atom. The van der Waals surface area contributed by atoms with E-state index in [2.05, 4.69) is 29.4 Å². The highest BCUT2D eigenvalue weighted by atomic mass is 32.2. The van der Waals surface area contributed by atoms with Crippen molar-refractivity contribution in [2.24, 2.45) is 17.8 Å². The Hall–Kier alpha value is -3.07. The van der Waals surface area contributed by atoms with E-state index in [0.717, 1.165) is 49.9 Å². The molecular formula is C27H35N3O5S. The second kappa shape index (κ2) is 10.5. The number of hydrogen-bond acceptors (Lipinski definition) is 5. The van der Waals surface area contributed by atoms with Crippen LogP contribution in [0.25, 0.3) is 0 Å². The fraction of sp³-hybridized carbons (Fsp3) is 0.481. The van der Waals surface area contributed by atoms with Crippen molar-refractivity contribution in [3.63, 3.8) is 0 Å². The average molecular weight is 514 g/mol. The highest BCUT2D eigenvalue weighted by molar-refractivity contribution is 7.90. The van der Waals surface area contributed by atoms with Crippen LogP contribution < -0.4 is 15.5 Å². The van der Waals surface area contributed by atoms with Crippen LogP contribution in [0.15, 0.2) is 47.4 Å². The summed E-state index contributed by atoms with van der Waals surface area (Å²) in [6, 6.07) is 11.5. The quantitative estimate of drug-likeness (QED) is 0.448. The first-order valence-electron chi connectivity index (χ1n) is 12.5. The van der Waals surface area contributed by atoms with Gasteiger partial charge in [0.1, 0.15) is 0 Å². The fourth-order valence-electron chi connectivity index (χ4n) is 5.33. The van der Waals surface area contributed by atoms with E-state index in [4.69, 9.17) is 0 Å². The number of carbonyl (C=O) groups is 2. The number of piperidine rings is 1. The van der Waals surface area contributed by atoms with Crippen molar-refractivity contribution in [2.45, 2.75) is 50.3 Å². The van der Waals surface area contributed by atoms with Crippen molar-refractivity contribution in [3.05, 3.63) is 48.0 Å². The van der Waals surface area contributed by atoms with Gasteiger partial charge < -0.3 is 20.6 Å². The number of carboxylic acid groups (broad SMARTS) is 1. The topological polar surface area (TPSA) is 116 Å². The summed E-state index contributed by atoms with van der Waals surface area (Å²) in [7, 11) is -3.32. The summed E-state index contributed by atoms with van der Waals surface area (Å²) in [4.78, 5) is 27.0. The third-order valence-corrected chi connectivity index (χ3v) is 8.16. The zero-order valence-corrected chi connectivity index (χ0v) is 21.8. The maximum Gasteiger partial charge on any atom is 0.323 e. The molecule has 3 unspecified atom stereocenters. The standard InChI is InChI=1S/C27H35N3O5S/c1-17-12-18(2)16-30(15-17)25-11-6-20(23(14-26(31)32)19-4-5-19)13-24(25)29-27(33)28-21-7-9-22(10-8-21)36(3,34)35/h6-11,13,17-19,23H,4-5,12,14-16H2,1-3H3,(H,31,32)(H2,28,29,33). The van der Waals surface area contributed by atoms with E-state index < -0.39 is 21.8 Å². The molecule has 36 heavy (non-hydrogen) atoms. The van der Waals surface area contributed by atoms with Crippen LogP contribution >= 0.6 is 0 Å². The molecule has 2 aliphatic rings. The molecule has 0 radical (unpaired) electrons. The van der Waals surface area contributed by atoms with Gasteiger partial charge in [0.25, 0.3) is 0 Å². The molecule has 1 saturated carbocycles. The summed E-state index contributed by atoms with van der Waals surface area (Å²) >= 11 is 0. The van der Waals surface area contributed by atoms with Gasteiger partial charge in [-0.2, -0.15) is 0 Å². The van der Waals surface area contributed by atoms with Crippen LogP contribution in [0.4, 0.5) is 21.9 Å². The van der Waals surface area contributed by atoms with Crippen LogP contribution in [0, 0.1) is 17.8 Å². The minimum absolute atomic E-state index is 0.0696. The van der Waals surface area contributed by atoms with E-state index in [1.54, 1.807) is 12.1 Å². The van der Waals surface area contributed by atoms with Crippen LogP contribution in [0.1, 0.15) is 51.0 Å². The fourth-order valence-corrected chi connectivity index (χ4v) is 5.96. The van der Waals surface area contributed by atoms with Gasteiger partial charge in [-0.25, -0.2) is 13.2 Å². The highest BCUT2D eigenvalue weighted by Gasteiger charge is 2.34. The van der Waals surface area contributed by atoms with E-state index in [1.807, 2.05) is 18.2 Å². The van der Waals surface area contributed by atoms with Crippen LogP contribution in [-0.2, 0) is 14.6 Å². The SMILES string of the molecule is CC1CC(C)CN(c2ccc(C(CC(=O)O)C3CC3)cc2NC(=O)Nc2ccc(S(C)(=O)=O)cc2)C1. The summed E-state index contributed by atoms with van der Waals surface area (Å²) in [6.45, 7) is 6.22. The lowest BCUT2D eigenvalue weighted by Gasteiger charge is -2.37. The molecule has 2 amide bonds. The van der Waals surface area contributed by atoms with Gasteiger partial charge in [-0.05, 0) is 84.9 Å². The van der Waals surface area contributed by atoms with Crippen LogP contribution in [0.3, 0.4) is 0 Å². The molecule has 1 saturated heterocycles. The first-order valence-corrected chi connectivity index (χ1v) is 14.4. The van der Waals surface area contributed by atoms with E-state index in [9.17, 15) is 23.1 Å². The van der Waals surface area contributed by atoms with Crippen molar-refractivity contribution in [1.29, 1.82) is 0 Å². The molecule has 4 rings (SSSR count). The number of carbonyl (C=O) groups excluding carboxylic acids is 1. The summed E-state index contributed by atoms with van der Waals surface area (Å²) < 4.78 is 23.4. The summed E-state index contributed by atoms with van der Waals surface area (Å²) in [5.74, 6) is 0.503. The Morgan fingerprint density at radius 1 is 1.03 bits per heavy atom. The molecule has 1 aliphatic heterocycles. The first-order chi connectivity index (χ1) is 17.0. The zero-order valence-electron chi connectivity index (χ0n) is 21.0. The van der Waals surface area contributed by atoms with Gasteiger partial charge in [0.2, 0.25) is 0 Å². The molecule has 2 aromatic rings. The lowest BCUT2D eigenvalue weighted by Crippen LogP contribution is -2.39. The molecule has 0 spiro atoms. The van der Waals surface area contributed by atoms with E-state index in [1.165, 1.54) is 12.1 Å². The number of nitrogens with one attached hydrogen (secondary N) is 2. The maximum atomic E-state index is 13.0. The largest absolute Gasteiger partial charge is 0.481 e. The lowest BCUT2D eigenvalue weighted by atomic mass is 9.89. The van der Waals surface area contributed by atoms with E-state index in [-0.39, 0.29) is 17.2 Å². The van der Waals surface area contributed by atoms with Gasteiger partial charge in [0.15, 0.2) is 9.84 Å². The number of urea groups is 1. The predicted molar refractivity (Wildman–Crippen MR) is 142 cm³/mol. The monoisotopic (exact) mass is 513 g/mol. The minimum atomic E-state index is -3.32. The molecule has 0 bridgehead atoms. The Bertz CT molecular complexity index is 1210. The highest BCUT2D eigenvalue weighted by Crippen LogP contribution is 2.46. The number of hydrogen-bond donors (Lipinski definition) is 3. The number of aliphatic carboxylic acids is 1. The molecule has 8 nitrogen and oxygen atoms in total. The van der Waals surface area contributed by atoms with Crippen molar-refractivity contribution in [2.75, 3.05) is 34.9 Å². The van der Waals surface area contributed by atoms with Gasteiger partial charge in [0.05, 0.1) is 22.7 Å². The number of benzene rings is 2. The van der Waals surface area contributed by atoms with Crippen molar-refractivity contribution >= 4 is 38.9 Å². The summed E-state index contributed by atoms with van der Waals surface area (Å²) in [5.41, 5.74) is 2.97. The van der Waals surface area contributed by atoms with Crippen molar-refractivity contribution in [3.8, 4) is 0 Å². The summed E-state index contributed by atoms with van der Waals surface area (Å²) in [5, 5.41) is 15.2. The zero-order chi connectivity index (χ0) is 26.0. The second-order valence-corrected chi connectivity index (χ2v) is 12.6. The van der Waals surface area contributed by atoms with Crippen LogP contribution in [-0.4, -0.2) is 44.9 Å². The Morgan fingerprint density at radius 2 is 1.67 bits per heavy atom. The number of amides is 2. The van der Waals surface area contributed by atoms with E-state index in [0.29, 0.717) is 29.1 Å². The predicted octanol–water partition coefficient (Wildman–Crippen LogP) is 5.18. The van der Waals surface area contributed by atoms with Crippen LogP contribution in [0.2, 0.25) is 0 Å². The molecule has 9 heteroatoms. The minimum Gasteiger partial charge on any atom is -0.481 e. The Kier molecular flexibility index (Phi) is 7.59. The first kappa shape index (κ1) is 26.0. The maximum absolute atomic E-state index is 13.0. The molecule has 0 aromatic heterocycles. The smallest absolute Gasteiger partial charge is 0.323 e. The third-order valence-electron chi connectivity index (χ3n) is 7.03. The van der Waals surface area contributed by atoms with Gasteiger partial charge >= 0.3 is 12.0 Å². The van der Waals surface area contributed by atoms with Crippen molar-refractivity contribution < 1.29 is 23.1 Å². The molecule has 1 heterocycles. The number of rotatable bonds is 8. The Labute approximate surface area is 213 Å². The van der Waals surface area contributed by atoms with Gasteiger partial charge in [0, 0.05) is 25.0 Å². The lowest BCUT2D eigenvalue weighted by molar-refractivity contribution is -0.137. The van der Waals surface area contributed by atoms with Crippen LogP contribution in [0.5, 0.6) is 0 Å². The molecule has 3 N–H and O–H groups in total. The van der Waals surface area contributed by atoms with Crippen molar-refractivity contribution in [1.82, 2.24) is 0 Å². The summed E-state index contributed by atoms with van der Waals surface area (Å²) in [6.07, 6.45) is 4.41. The molecule has 2 fully saturated rings. The molecular weight excluding hydrogens is 478 g/mol. The normalized spacial score (nSPS) is 21.0. The third kappa shape index (κ3) is 6.57. The Balaban J connectivity index is 1.60. The molecule has 3 atom stereocenters. The van der Waals surface area contributed by atoms with Gasteiger partial charge in [-0.3, -0.25) is 4.79 Å². The number of nitrogens with zero attached hydrogens (tertiary/aromatic N) is 1. The molecule has 1 aliphatic carbocycles. The second-order valence-electron chi connectivity index (χ2n) is 10.5. The average Bonchev–Trinajstić information content (AvgIpc) is 3.61. The number of sulfone groups is 1. The van der Waals surface area contributed by atoms with E-state index >= 15 is 0 Å².